The molecule has 1 fully saturated rings. The van der Waals surface area contributed by atoms with E-state index >= 15 is 0 Å². The third-order valence-corrected chi connectivity index (χ3v) is 2.44. The van der Waals surface area contributed by atoms with E-state index in [-0.39, 0.29) is 0 Å². The minimum atomic E-state index is -0.653. The van der Waals surface area contributed by atoms with Crippen LogP contribution in [0.1, 0.15) is 32.6 Å². The zero-order chi connectivity index (χ0) is 8.97. The van der Waals surface area contributed by atoms with Crippen LogP contribution in [0.3, 0.4) is 0 Å². The third kappa shape index (κ3) is 2.26. The van der Waals surface area contributed by atoms with Crippen molar-refractivity contribution in [3.8, 4) is 0 Å². The molecule has 0 atom stereocenters. The van der Waals surface area contributed by atoms with Crippen molar-refractivity contribution < 1.29 is 4.79 Å². The molecule has 1 rings (SSSR count). The highest BCUT2D eigenvalue weighted by atomic mass is 16.3. The lowest BCUT2D eigenvalue weighted by Gasteiger charge is -2.07. The fraction of sp³-hybridized carbons (Fsp3) is 0.667. The summed E-state index contributed by atoms with van der Waals surface area (Å²) < 4.78 is 0. The van der Waals surface area contributed by atoms with Gasteiger partial charge in [0.1, 0.15) is 0 Å². The van der Waals surface area contributed by atoms with Gasteiger partial charge in [-0.25, -0.2) is 0 Å². The molecule has 0 N–H and O–H groups in total. The number of carbonyl (C=O) groups excluding carboxylic acids is 1. The number of nitrogens with zero attached hydrogens (tertiary/aromatic N) is 1. The van der Waals surface area contributed by atoms with Crippen LogP contribution < -0.4 is 0 Å². The normalized spacial score (nSPS) is 19.6. The van der Waals surface area contributed by atoms with E-state index < -0.39 is 5.91 Å². The fourth-order valence-corrected chi connectivity index (χ4v) is 1.72. The number of amides is 1. The van der Waals surface area contributed by atoms with Crippen molar-refractivity contribution in [2.45, 2.75) is 32.6 Å². The third-order valence-electron chi connectivity index (χ3n) is 2.44. The van der Waals surface area contributed by atoms with E-state index in [2.05, 4.69) is 5.18 Å². The van der Waals surface area contributed by atoms with Gasteiger partial charge < -0.3 is 0 Å². The van der Waals surface area contributed by atoms with E-state index in [0.29, 0.717) is 5.92 Å². The molecule has 0 heterocycles. The van der Waals surface area contributed by atoms with Crippen LogP contribution in [-0.4, -0.2) is 5.91 Å². The maximum atomic E-state index is 10.6. The van der Waals surface area contributed by atoms with Crippen molar-refractivity contribution in [3.63, 3.8) is 0 Å². The predicted octanol–water partition coefficient (Wildman–Crippen LogP) is 2.42. The van der Waals surface area contributed by atoms with E-state index in [9.17, 15) is 9.70 Å². The summed E-state index contributed by atoms with van der Waals surface area (Å²) in [6.45, 7) is 1.90. The van der Waals surface area contributed by atoms with Gasteiger partial charge in [-0.2, -0.15) is 0 Å². The topological polar surface area (TPSA) is 46.5 Å². The van der Waals surface area contributed by atoms with Crippen molar-refractivity contribution in [1.82, 2.24) is 0 Å². The van der Waals surface area contributed by atoms with Crippen LogP contribution in [0.25, 0.3) is 0 Å². The average molecular weight is 167 g/mol. The molecule has 0 aromatic carbocycles. The van der Waals surface area contributed by atoms with Gasteiger partial charge in [-0.15, -0.1) is 4.91 Å². The van der Waals surface area contributed by atoms with E-state index in [1.807, 2.05) is 6.92 Å². The maximum Gasteiger partial charge on any atom is 0.309 e. The van der Waals surface area contributed by atoms with Gasteiger partial charge in [0.15, 0.2) is 0 Å². The van der Waals surface area contributed by atoms with Crippen LogP contribution in [0, 0.1) is 10.8 Å². The first-order chi connectivity index (χ1) is 5.74. The molecule has 1 saturated carbocycles. The number of nitroso groups, excluding NO2 is 1. The van der Waals surface area contributed by atoms with Crippen molar-refractivity contribution in [2.75, 3.05) is 0 Å². The molecule has 3 nitrogen and oxygen atoms in total. The van der Waals surface area contributed by atoms with Crippen LogP contribution in [0.15, 0.2) is 16.8 Å². The molecule has 0 unspecified atom stereocenters. The molecule has 1 amide bonds. The molecule has 66 valence electrons. The first kappa shape index (κ1) is 9.10. The van der Waals surface area contributed by atoms with Gasteiger partial charge in [0.25, 0.3) is 0 Å². The predicted molar refractivity (Wildman–Crippen MR) is 46.5 cm³/mol. The van der Waals surface area contributed by atoms with Gasteiger partial charge in [-0.1, -0.05) is 18.4 Å². The van der Waals surface area contributed by atoms with Gasteiger partial charge in [0.05, 0.1) is 0 Å². The molecule has 0 aromatic heterocycles. The molecule has 12 heavy (non-hydrogen) atoms. The monoisotopic (exact) mass is 167 g/mol. The zero-order valence-corrected chi connectivity index (χ0v) is 7.25. The van der Waals surface area contributed by atoms with Crippen LogP contribution >= 0.6 is 0 Å². The Morgan fingerprint density at radius 2 is 2.00 bits per heavy atom. The highest BCUT2D eigenvalue weighted by Crippen LogP contribution is 2.30. The Bertz CT molecular complexity index is 215. The van der Waals surface area contributed by atoms with Gasteiger partial charge >= 0.3 is 5.91 Å². The van der Waals surface area contributed by atoms with E-state index in [4.69, 9.17) is 0 Å². The summed E-state index contributed by atoms with van der Waals surface area (Å²) in [5, 5.41) is 2.33. The maximum absolute atomic E-state index is 10.6. The van der Waals surface area contributed by atoms with E-state index in [1.165, 1.54) is 18.9 Å². The zero-order valence-electron chi connectivity index (χ0n) is 7.25. The van der Waals surface area contributed by atoms with Gasteiger partial charge in [-0.05, 0) is 25.7 Å². The number of allylic oxidation sites excluding steroid dienone is 1. The summed E-state index contributed by atoms with van der Waals surface area (Å²) in [6, 6.07) is 0. The fourth-order valence-electron chi connectivity index (χ4n) is 1.72. The SMILES string of the molecule is C/C(=C\C(=O)N=O)C1CCCC1. The summed E-state index contributed by atoms with van der Waals surface area (Å²) in [4.78, 5) is 20.4. The number of rotatable bonds is 2. The molecular formula is C9H13NO2. The van der Waals surface area contributed by atoms with Crippen molar-refractivity contribution in [1.29, 1.82) is 0 Å². The number of carbonyl (C=O) groups is 1. The molecule has 0 radical (unpaired) electrons. The Hall–Kier alpha value is -0.990. The van der Waals surface area contributed by atoms with Crippen LogP contribution in [0.2, 0.25) is 0 Å². The largest absolute Gasteiger partial charge is 0.309 e. The average Bonchev–Trinajstić information content (AvgIpc) is 2.56. The smallest absolute Gasteiger partial charge is 0.264 e. The molecule has 0 bridgehead atoms. The standard InChI is InChI=1S/C9H13NO2/c1-7(6-9(11)10-12)8-4-2-3-5-8/h6,8H,2-5H2,1H3/b7-6+. The molecule has 0 saturated heterocycles. The Kier molecular flexibility index (Phi) is 3.14. The first-order valence-corrected chi connectivity index (χ1v) is 4.29. The summed E-state index contributed by atoms with van der Waals surface area (Å²) >= 11 is 0. The quantitative estimate of drug-likeness (QED) is 0.468. The first-order valence-electron chi connectivity index (χ1n) is 4.29. The van der Waals surface area contributed by atoms with Crippen molar-refractivity contribution in [3.05, 3.63) is 16.6 Å². The summed E-state index contributed by atoms with van der Waals surface area (Å²) in [7, 11) is 0. The molecule has 0 aliphatic heterocycles. The lowest BCUT2D eigenvalue weighted by Crippen LogP contribution is -1.97. The second-order valence-corrected chi connectivity index (χ2v) is 3.30. The summed E-state index contributed by atoms with van der Waals surface area (Å²) in [5.41, 5.74) is 1.01. The van der Waals surface area contributed by atoms with E-state index in [1.54, 1.807) is 0 Å². The molecule has 1 aliphatic rings. The Morgan fingerprint density at radius 1 is 1.42 bits per heavy atom. The summed E-state index contributed by atoms with van der Waals surface area (Å²) in [6.07, 6.45) is 6.13. The van der Waals surface area contributed by atoms with Crippen LogP contribution in [0.5, 0.6) is 0 Å². The second kappa shape index (κ2) is 4.14. The molecule has 0 aromatic rings. The van der Waals surface area contributed by atoms with Crippen molar-refractivity contribution >= 4 is 5.91 Å². The minimum Gasteiger partial charge on any atom is -0.264 e. The highest BCUT2D eigenvalue weighted by molar-refractivity contribution is 5.88. The summed E-state index contributed by atoms with van der Waals surface area (Å²) in [5.74, 6) is -0.143. The van der Waals surface area contributed by atoms with E-state index in [0.717, 1.165) is 18.4 Å². The van der Waals surface area contributed by atoms with Gasteiger partial charge in [0.2, 0.25) is 0 Å². The Morgan fingerprint density at radius 3 is 2.50 bits per heavy atom. The highest BCUT2D eigenvalue weighted by Gasteiger charge is 2.16. The number of hydrogen-bond donors (Lipinski definition) is 0. The van der Waals surface area contributed by atoms with Gasteiger partial charge in [-0.3, -0.25) is 4.79 Å². The van der Waals surface area contributed by atoms with Crippen LogP contribution in [0.4, 0.5) is 0 Å². The molecule has 0 spiro atoms. The Labute approximate surface area is 71.8 Å². The second-order valence-electron chi connectivity index (χ2n) is 3.30. The van der Waals surface area contributed by atoms with Gasteiger partial charge in [0, 0.05) is 11.3 Å². The van der Waals surface area contributed by atoms with Crippen LogP contribution in [-0.2, 0) is 4.79 Å². The molecular weight excluding hydrogens is 154 g/mol. The number of hydrogen-bond acceptors (Lipinski definition) is 2. The molecule has 1 aliphatic carbocycles. The Balaban J connectivity index is 2.55. The lowest BCUT2D eigenvalue weighted by atomic mass is 9.99. The molecule has 3 heteroatoms. The van der Waals surface area contributed by atoms with Crippen molar-refractivity contribution in [2.24, 2.45) is 11.1 Å². The lowest BCUT2D eigenvalue weighted by molar-refractivity contribution is -0.113. The minimum absolute atomic E-state index is 0.510.